The molecule has 0 aliphatic rings. The second kappa shape index (κ2) is 9.29. The zero-order chi connectivity index (χ0) is 18.2. The Labute approximate surface area is 158 Å². The van der Waals surface area contributed by atoms with E-state index in [0.717, 1.165) is 14.9 Å². The highest BCUT2D eigenvalue weighted by Crippen LogP contribution is 2.27. The molecule has 3 N–H and O–H groups in total. The number of halogens is 1. The quantitative estimate of drug-likeness (QED) is 0.528. The van der Waals surface area contributed by atoms with Gasteiger partial charge in [-0.15, -0.1) is 11.8 Å². The summed E-state index contributed by atoms with van der Waals surface area (Å²) >= 11 is 4.67. The zero-order valence-electron chi connectivity index (χ0n) is 13.5. The van der Waals surface area contributed by atoms with Crippen molar-refractivity contribution in [3.8, 4) is 5.75 Å². The van der Waals surface area contributed by atoms with Crippen molar-refractivity contribution in [3.63, 3.8) is 0 Å². The van der Waals surface area contributed by atoms with Gasteiger partial charge in [0.05, 0.1) is 18.6 Å². The second-order valence-corrected chi connectivity index (χ2v) is 6.89. The molecule has 0 saturated heterocycles. The van der Waals surface area contributed by atoms with Gasteiger partial charge in [0.2, 0.25) is 11.8 Å². The molecule has 0 aliphatic carbocycles. The maximum atomic E-state index is 12.2. The largest absolute Gasteiger partial charge is 0.496 e. The number of ether oxygens (including phenoxy) is 1. The van der Waals surface area contributed by atoms with E-state index in [-0.39, 0.29) is 11.7 Å². The number of methoxy groups -OCH3 is 1. The monoisotopic (exact) mass is 420 g/mol. The molecule has 0 saturated carbocycles. The van der Waals surface area contributed by atoms with Gasteiger partial charge in [-0.2, -0.15) is 0 Å². The van der Waals surface area contributed by atoms with Crippen molar-refractivity contribution in [1.82, 2.24) is 0 Å². The molecular formula is C18H17BrN2O3S. The number of nitrogens with one attached hydrogen (secondary N) is 1. The van der Waals surface area contributed by atoms with E-state index in [9.17, 15) is 9.59 Å². The van der Waals surface area contributed by atoms with Crippen LogP contribution in [0.4, 0.5) is 5.69 Å². The fourth-order valence-electron chi connectivity index (χ4n) is 2.02. The maximum absolute atomic E-state index is 12.2. The number of hydrogen-bond donors (Lipinski definition) is 2. The molecular weight excluding hydrogens is 404 g/mol. The third-order valence-electron chi connectivity index (χ3n) is 3.12. The molecule has 0 radical (unpaired) electrons. The summed E-state index contributed by atoms with van der Waals surface area (Å²) in [5, 5.41) is 2.81. The molecule has 0 fully saturated rings. The number of nitrogens with two attached hydrogens (primary N) is 1. The number of benzene rings is 2. The van der Waals surface area contributed by atoms with Gasteiger partial charge in [0.25, 0.3) is 0 Å². The Morgan fingerprint density at radius 1 is 1.28 bits per heavy atom. The van der Waals surface area contributed by atoms with E-state index in [1.165, 1.54) is 17.8 Å². The summed E-state index contributed by atoms with van der Waals surface area (Å²) in [6.07, 6.45) is 3.11. The van der Waals surface area contributed by atoms with Crippen LogP contribution in [-0.4, -0.2) is 24.7 Å². The molecule has 25 heavy (non-hydrogen) atoms. The Bertz CT molecular complexity index is 809. The van der Waals surface area contributed by atoms with E-state index in [1.54, 1.807) is 19.3 Å². The van der Waals surface area contributed by atoms with Crippen LogP contribution >= 0.6 is 27.7 Å². The highest BCUT2D eigenvalue weighted by atomic mass is 79.9. The van der Waals surface area contributed by atoms with Gasteiger partial charge in [0.1, 0.15) is 5.75 Å². The Balaban J connectivity index is 2.10. The number of amides is 2. The molecule has 2 rings (SSSR count). The number of primary amides is 1. The molecule has 0 atom stereocenters. The van der Waals surface area contributed by atoms with Crippen LogP contribution < -0.4 is 15.8 Å². The lowest BCUT2D eigenvalue weighted by atomic mass is 10.2. The molecule has 0 spiro atoms. The molecule has 0 unspecified atom stereocenters. The van der Waals surface area contributed by atoms with Crippen LogP contribution in [0, 0.1) is 0 Å². The Morgan fingerprint density at radius 2 is 2.04 bits per heavy atom. The van der Waals surface area contributed by atoms with Gasteiger partial charge in [-0.25, -0.2) is 0 Å². The fraction of sp³-hybridized carbons (Fsp3) is 0.111. The number of rotatable bonds is 7. The molecule has 0 heterocycles. The smallest absolute Gasteiger partial charge is 0.248 e. The summed E-state index contributed by atoms with van der Waals surface area (Å²) in [6.45, 7) is 0. The number of carbonyl (C=O) groups excluding carboxylic acids is 2. The van der Waals surface area contributed by atoms with Crippen LogP contribution in [0.25, 0.3) is 6.08 Å². The first kappa shape index (κ1) is 19.1. The van der Waals surface area contributed by atoms with Crippen LogP contribution in [-0.2, 0) is 9.59 Å². The van der Waals surface area contributed by atoms with E-state index < -0.39 is 5.91 Å². The molecule has 2 amide bonds. The van der Waals surface area contributed by atoms with Gasteiger partial charge in [-0.05, 0) is 36.4 Å². The maximum Gasteiger partial charge on any atom is 0.248 e. The van der Waals surface area contributed by atoms with Crippen molar-refractivity contribution in [1.29, 1.82) is 0 Å². The first-order valence-corrected chi connectivity index (χ1v) is 9.10. The number of para-hydroxylation sites is 1. The van der Waals surface area contributed by atoms with Gasteiger partial charge in [0, 0.05) is 21.0 Å². The van der Waals surface area contributed by atoms with Gasteiger partial charge < -0.3 is 15.8 Å². The Kier molecular flexibility index (Phi) is 7.09. The SMILES string of the molecule is COc1ccc(Br)cc1/C=C/C(=O)Nc1ccccc1SCC(N)=O. The number of anilines is 1. The van der Waals surface area contributed by atoms with Crippen molar-refractivity contribution in [2.75, 3.05) is 18.2 Å². The van der Waals surface area contributed by atoms with E-state index in [1.807, 2.05) is 36.4 Å². The molecule has 5 nitrogen and oxygen atoms in total. The summed E-state index contributed by atoms with van der Waals surface area (Å²) in [7, 11) is 1.58. The minimum atomic E-state index is -0.409. The molecule has 0 aliphatic heterocycles. The van der Waals surface area contributed by atoms with Crippen LogP contribution in [0.2, 0.25) is 0 Å². The van der Waals surface area contributed by atoms with E-state index in [4.69, 9.17) is 10.5 Å². The average molecular weight is 421 g/mol. The fourth-order valence-corrected chi connectivity index (χ4v) is 3.15. The molecule has 130 valence electrons. The predicted octanol–water partition coefficient (Wildman–Crippen LogP) is 3.69. The van der Waals surface area contributed by atoms with Crippen LogP contribution in [0.15, 0.2) is 57.9 Å². The Morgan fingerprint density at radius 3 is 2.76 bits per heavy atom. The first-order valence-electron chi connectivity index (χ1n) is 7.32. The summed E-state index contributed by atoms with van der Waals surface area (Å²) in [5.74, 6) is 0.129. The molecule has 0 aromatic heterocycles. The van der Waals surface area contributed by atoms with E-state index in [2.05, 4.69) is 21.2 Å². The summed E-state index contributed by atoms with van der Waals surface area (Å²) < 4.78 is 6.16. The highest BCUT2D eigenvalue weighted by Gasteiger charge is 2.07. The van der Waals surface area contributed by atoms with Crippen molar-refractivity contribution < 1.29 is 14.3 Å². The van der Waals surface area contributed by atoms with E-state index in [0.29, 0.717) is 11.4 Å². The van der Waals surface area contributed by atoms with Crippen LogP contribution in [0.1, 0.15) is 5.56 Å². The van der Waals surface area contributed by atoms with E-state index >= 15 is 0 Å². The second-order valence-electron chi connectivity index (χ2n) is 4.96. The standard InChI is InChI=1S/C18H17BrN2O3S/c1-24-15-8-7-13(19)10-12(15)6-9-18(23)21-14-4-2-3-5-16(14)25-11-17(20)22/h2-10H,11H2,1H3,(H2,20,22)(H,21,23)/b9-6+. The van der Waals surface area contributed by atoms with Gasteiger partial charge >= 0.3 is 0 Å². The number of carbonyl (C=O) groups is 2. The lowest BCUT2D eigenvalue weighted by molar-refractivity contribution is -0.115. The minimum absolute atomic E-state index is 0.151. The predicted molar refractivity (Wildman–Crippen MR) is 105 cm³/mol. The molecule has 2 aromatic rings. The molecule has 2 aromatic carbocycles. The van der Waals surface area contributed by atoms with Gasteiger partial charge in [-0.3, -0.25) is 9.59 Å². The number of thioether (sulfide) groups is 1. The van der Waals surface area contributed by atoms with Crippen molar-refractivity contribution in [2.24, 2.45) is 5.73 Å². The van der Waals surface area contributed by atoms with Crippen LogP contribution in [0.5, 0.6) is 5.75 Å². The average Bonchev–Trinajstić information content (AvgIpc) is 2.59. The lowest BCUT2D eigenvalue weighted by Crippen LogP contribution is -2.13. The van der Waals surface area contributed by atoms with Crippen molar-refractivity contribution in [2.45, 2.75) is 4.90 Å². The molecule has 0 bridgehead atoms. The highest BCUT2D eigenvalue weighted by molar-refractivity contribution is 9.10. The van der Waals surface area contributed by atoms with Crippen molar-refractivity contribution in [3.05, 3.63) is 58.6 Å². The first-order chi connectivity index (χ1) is 12.0. The van der Waals surface area contributed by atoms with Crippen molar-refractivity contribution >= 4 is 51.3 Å². The zero-order valence-corrected chi connectivity index (χ0v) is 15.9. The third kappa shape index (κ3) is 5.95. The lowest BCUT2D eigenvalue weighted by Gasteiger charge is -2.09. The minimum Gasteiger partial charge on any atom is -0.496 e. The number of hydrogen-bond acceptors (Lipinski definition) is 4. The Hall–Kier alpha value is -2.25. The topological polar surface area (TPSA) is 81.4 Å². The summed E-state index contributed by atoms with van der Waals surface area (Å²) in [4.78, 5) is 23.9. The van der Waals surface area contributed by atoms with Crippen LogP contribution in [0.3, 0.4) is 0 Å². The van der Waals surface area contributed by atoms with Gasteiger partial charge in [0.15, 0.2) is 0 Å². The summed E-state index contributed by atoms with van der Waals surface area (Å²) in [5.41, 5.74) is 6.58. The third-order valence-corrected chi connectivity index (χ3v) is 4.71. The summed E-state index contributed by atoms with van der Waals surface area (Å²) in [6, 6.07) is 12.8. The molecule has 7 heteroatoms. The normalized spacial score (nSPS) is 10.6. The van der Waals surface area contributed by atoms with Gasteiger partial charge in [-0.1, -0.05) is 28.1 Å².